The van der Waals surface area contributed by atoms with Crippen molar-refractivity contribution in [2.75, 3.05) is 20.3 Å². The average molecular weight is 497 g/mol. The van der Waals surface area contributed by atoms with Gasteiger partial charge in [-0.25, -0.2) is 0 Å². The fourth-order valence-corrected chi connectivity index (χ4v) is 7.00. The van der Waals surface area contributed by atoms with E-state index in [9.17, 15) is 25.5 Å². The summed E-state index contributed by atoms with van der Waals surface area (Å²) in [4.78, 5) is 0. The number of hydrogen-bond acceptors (Lipinski definition) is 8. The quantitative estimate of drug-likeness (QED) is 0.350. The van der Waals surface area contributed by atoms with Crippen LogP contribution in [0.15, 0.2) is 22.8 Å². The number of hydrogen-bond donors (Lipinski definition) is 5. The standard InChI is InChI=1S/C27H44O8/c1-13(2)16-8-9-27(4)10-18-15(12-33-5)6-7-17(18)14(3)21(29)25(20(16)27)35-26-24(32)23(31)22(30)19(11-28)34-26/h10,13-15,17,19,21-26,28-32H,6-9,11-12H2,1-5H3. The highest BCUT2D eigenvalue weighted by molar-refractivity contribution is 5.41. The third-order valence-electron chi connectivity index (χ3n) is 9.05. The minimum absolute atomic E-state index is 0.107. The van der Waals surface area contributed by atoms with Gasteiger partial charge in [0.2, 0.25) is 0 Å². The summed E-state index contributed by atoms with van der Waals surface area (Å²) in [5.41, 5.74) is 3.31. The van der Waals surface area contributed by atoms with E-state index < -0.39 is 49.5 Å². The Labute approximate surface area is 208 Å². The van der Waals surface area contributed by atoms with Gasteiger partial charge in [0.05, 0.1) is 19.3 Å². The number of aliphatic hydroxyl groups is 5. The van der Waals surface area contributed by atoms with Gasteiger partial charge in [0.25, 0.3) is 0 Å². The highest BCUT2D eigenvalue weighted by atomic mass is 16.7. The highest BCUT2D eigenvalue weighted by Crippen LogP contribution is 2.55. The van der Waals surface area contributed by atoms with Gasteiger partial charge in [0.15, 0.2) is 6.29 Å². The van der Waals surface area contributed by atoms with E-state index in [4.69, 9.17) is 14.2 Å². The van der Waals surface area contributed by atoms with E-state index in [0.717, 1.165) is 31.3 Å². The summed E-state index contributed by atoms with van der Waals surface area (Å²) >= 11 is 0. The van der Waals surface area contributed by atoms with Crippen LogP contribution in [-0.4, -0.2) is 88.8 Å². The molecule has 4 aliphatic rings. The van der Waals surface area contributed by atoms with Crippen LogP contribution in [0.5, 0.6) is 0 Å². The van der Waals surface area contributed by atoms with Crippen molar-refractivity contribution >= 4 is 0 Å². The number of rotatable bonds is 6. The van der Waals surface area contributed by atoms with Crippen molar-refractivity contribution in [2.24, 2.45) is 29.1 Å². The van der Waals surface area contributed by atoms with Gasteiger partial charge < -0.3 is 39.7 Å². The van der Waals surface area contributed by atoms with Crippen molar-refractivity contribution in [3.63, 3.8) is 0 Å². The van der Waals surface area contributed by atoms with Crippen molar-refractivity contribution in [3.8, 4) is 0 Å². The lowest BCUT2D eigenvalue weighted by Crippen LogP contribution is -2.60. The fourth-order valence-electron chi connectivity index (χ4n) is 7.00. The molecule has 0 bridgehead atoms. The molecule has 35 heavy (non-hydrogen) atoms. The van der Waals surface area contributed by atoms with Crippen LogP contribution in [0, 0.1) is 29.1 Å². The zero-order valence-corrected chi connectivity index (χ0v) is 21.6. The Hall–Kier alpha value is -0.840. The van der Waals surface area contributed by atoms with Crippen LogP contribution in [0.2, 0.25) is 0 Å². The van der Waals surface area contributed by atoms with Crippen molar-refractivity contribution in [1.82, 2.24) is 0 Å². The van der Waals surface area contributed by atoms with E-state index in [1.807, 2.05) is 0 Å². The molecule has 1 saturated carbocycles. The minimum Gasteiger partial charge on any atom is -0.394 e. The first-order valence-electron chi connectivity index (χ1n) is 13.1. The molecule has 0 spiro atoms. The molecule has 1 aliphatic heterocycles. The van der Waals surface area contributed by atoms with Crippen molar-refractivity contribution < 1.29 is 39.7 Å². The van der Waals surface area contributed by atoms with E-state index in [2.05, 4.69) is 33.8 Å². The van der Waals surface area contributed by atoms with Crippen molar-refractivity contribution in [2.45, 2.75) is 96.3 Å². The average Bonchev–Trinajstić information content (AvgIpc) is 3.36. The largest absolute Gasteiger partial charge is 0.394 e. The van der Waals surface area contributed by atoms with Crippen LogP contribution in [-0.2, 0) is 14.2 Å². The summed E-state index contributed by atoms with van der Waals surface area (Å²) < 4.78 is 17.6. The molecule has 0 aromatic carbocycles. The molecule has 2 fully saturated rings. The van der Waals surface area contributed by atoms with Crippen LogP contribution < -0.4 is 0 Å². The molecule has 5 N–H and O–H groups in total. The first kappa shape index (κ1) is 27.2. The van der Waals surface area contributed by atoms with E-state index in [0.29, 0.717) is 12.5 Å². The second kappa shape index (κ2) is 10.5. The van der Waals surface area contributed by atoms with Gasteiger partial charge in [-0.1, -0.05) is 44.9 Å². The lowest BCUT2D eigenvalue weighted by molar-refractivity contribution is -0.315. The number of methoxy groups -OCH3 is 1. The second-order valence-electron chi connectivity index (χ2n) is 11.6. The van der Waals surface area contributed by atoms with E-state index in [1.165, 1.54) is 11.1 Å². The Morgan fingerprint density at radius 3 is 2.43 bits per heavy atom. The smallest absolute Gasteiger partial charge is 0.187 e. The summed E-state index contributed by atoms with van der Waals surface area (Å²) in [7, 11) is 1.74. The van der Waals surface area contributed by atoms with Crippen LogP contribution in [0.25, 0.3) is 0 Å². The minimum atomic E-state index is -1.53. The normalized spacial score (nSPS) is 46.3. The summed E-state index contributed by atoms with van der Waals surface area (Å²) in [5, 5.41) is 52.7. The number of aliphatic hydroxyl groups excluding tert-OH is 5. The van der Waals surface area contributed by atoms with Crippen LogP contribution >= 0.6 is 0 Å². The van der Waals surface area contributed by atoms with E-state index in [1.54, 1.807) is 7.11 Å². The third-order valence-corrected chi connectivity index (χ3v) is 9.05. The lowest BCUT2D eigenvalue weighted by Gasteiger charge is -2.45. The zero-order valence-electron chi connectivity index (χ0n) is 21.6. The summed E-state index contributed by atoms with van der Waals surface area (Å²) in [6.07, 6.45) is -2.28. The molecule has 1 saturated heterocycles. The Balaban J connectivity index is 1.77. The summed E-state index contributed by atoms with van der Waals surface area (Å²) in [6, 6.07) is 0. The molecule has 4 rings (SSSR count). The number of allylic oxidation sites excluding steroid dienone is 2. The molecule has 200 valence electrons. The van der Waals surface area contributed by atoms with Crippen molar-refractivity contribution in [3.05, 3.63) is 22.8 Å². The fraction of sp³-hybridized carbons (Fsp3) is 0.852. The maximum Gasteiger partial charge on any atom is 0.187 e. The molecule has 8 nitrogen and oxygen atoms in total. The van der Waals surface area contributed by atoms with Gasteiger partial charge in [-0.15, -0.1) is 0 Å². The lowest BCUT2D eigenvalue weighted by atomic mass is 9.68. The van der Waals surface area contributed by atoms with Crippen LogP contribution in [0.3, 0.4) is 0 Å². The van der Waals surface area contributed by atoms with Gasteiger partial charge in [-0.05, 0) is 49.0 Å². The van der Waals surface area contributed by atoms with Gasteiger partial charge in [0.1, 0.15) is 30.5 Å². The maximum atomic E-state index is 11.8. The summed E-state index contributed by atoms with van der Waals surface area (Å²) in [6.45, 7) is 8.69. The molecule has 0 aromatic rings. The predicted molar refractivity (Wildman–Crippen MR) is 129 cm³/mol. The van der Waals surface area contributed by atoms with Gasteiger partial charge in [0, 0.05) is 18.4 Å². The third kappa shape index (κ3) is 4.77. The van der Waals surface area contributed by atoms with Crippen LogP contribution in [0.1, 0.15) is 53.4 Å². The van der Waals surface area contributed by atoms with Gasteiger partial charge in [-0.3, -0.25) is 0 Å². The molecule has 8 heteroatoms. The molecular weight excluding hydrogens is 452 g/mol. The maximum absolute atomic E-state index is 11.8. The monoisotopic (exact) mass is 496 g/mol. The highest BCUT2D eigenvalue weighted by Gasteiger charge is 2.52. The SMILES string of the molecule is COCC1CCC2C1=CC1(C)CCC(C(C)C)=C1C(OC1OC(CO)C(O)C(O)C1O)C(O)C2C. The molecule has 3 aliphatic carbocycles. The first-order valence-corrected chi connectivity index (χ1v) is 13.1. The Morgan fingerprint density at radius 2 is 1.80 bits per heavy atom. The number of ether oxygens (including phenoxy) is 3. The van der Waals surface area contributed by atoms with Crippen LogP contribution in [0.4, 0.5) is 0 Å². The Bertz CT molecular complexity index is 822. The second-order valence-corrected chi connectivity index (χ2v) is 11.6. The van der Waals surface area contributed by atoms with Gasteiger partial charge in [-0.2, -0.15) is 0 Å². The number of fused-ring (bicyclic) bond motifs is 2. The zero-order chi connectivity index (χ0) is 25.7. The molecule has 11 unspecified atom stereocenters. The molecular formula is C27H44O8. The summed E-state index contributed by atoms with van der Waals surface area (Å²) in [5.74, 6) is 0.683. The molecule has 0 amide bonds. The Morgan fingerprint density at radius 1 is 1.09 bits per heavy atom. The molecule has 11 atom stereocenters. The van der Waals surface area contributed by atoms with E-state index >= 15 is 0 Å². The van der Waals surface area contributed by atoms with E-state index in [-0.39, 0.29) is 23.2 Å². The van der Waals surface area contributed by atoms with Gasteiger partial charge >= 0.3 is 0 Å². The molecule has 1 heterocycles. The predicted octanol–water partition coefficient (Wildman–Crippen LogP) is 1.53. The molecule has 0 radical (unpaired) electrons. The Kier molecular flexibility index (Phi) is 8.16. The molecule has 0 aromatic heterocycles. The first-order chi connectivity index (χ1) is 16.5. The topological polar surface area (TPSA) is 129 Å². The van der Waals surface area contributed by atoms with Crippen molar-refractivity contribution in [1.29, 1.82) is 0 Å².